The number of rotatable bonds is 5. The molecule has 2 aromatic carbocycles. The van der Waals surface area contributed by atoms with E-state index in [1.807, 2.05) is 61.6 Å². The molecule has 3 rings (SSSR count). The highest BCUT2D eigenvalue weighted by atomic mass is 15.2. The zero-order valence-corrected chi connectivity index (χ0v) is 12.5. The third-order valence-corrected chi connectivity index (χ3v) is 3.35. The first-order valence-corrected chi connectivity index (χ1v) is 7.20. The number of anilines is 3. The Morgan fingerprint density at radius 2 is 1.59 bits per heavy atom. The summed E-state index contributed by atoms with van der Waals surface area (Å²) in [6.45, 7) is 0.808. The van der Waals surface area contributed by atoms with Crippen LogP contribution in [0.4, 0.5) is 17.3 Å². The van der Waals surface area contributed by atoms with Crippen LogP contribution in [0.3, 0.4) is 0 Å². The van der Waals surface area contributed by atoms with Gasteiger partial charge >= 0.3 is 0 Å². The molecule has 110 valence electrons. The summed E-state index contributed by atoms with van der Waals surface area (Å²) in [5, 5.41) is 3.29. The Hall–Kier alpha value is -2.88. The van der Waals surface area contributed by atoms with Gasteiger partial charge in [0.15, 0.2) is 0 Å². The predicted molar refractivity (Wildman–Crippen MR) is 90.3 cm³/mol. The fraction of sp³-hybridized carbons (Fsp3) is 0.111. The Morgan fingerprint density at radius 3 is 2.32 bits per heavy atom. The summed E-state index contributed by atoms with van der Waals surface area (Å²) >= 11 is 0. The van der Waals surface area contributed by atoms with Crippen molar-refractivity contribution < 1.29 is 0 Å². The average molecular weight is 290 g/mol. The predicted octanol–water partition coefficient (Wildman–Crippen LogP) is 3.86. The van der Waals surface area contributed by atoms with Crippen molar-refractivity contribution in [2.45, 2.75) is 6.54 Å². The normalized spacial score (nSPS) is 10.2. The van der Waals surface area contributed by atoms with Crippen LogP contribution in [0.5, 0.6) is 0 Å². The van der Waals surface area contributed by atoms with E-state index >= 15 is 0 Å². The average Bonchev–Trinajstić information content (AvgIpc) is 2.57. The fourth-order valence-corrected chi connectivity index (χ4v) is 2.23. The molecule has 4 heteroatoms. The smallest absolute Gasteiger partial charge is 0.135 e. The molecule has 3 aromatic rings. The molecule has 1 aromatic heterocycles. The minimum absolute atomic E-state index is 0.788. The Kier molecular flexibility index (Phi) is 4.30. The van der Waals surface area contributed by atoms with E-state index in [1.165, 1.54) is 5.56 Å². The number of aromatic nitrogens is 2. The molecule has 1 heterocycles. The summed E-state index contributed by atoms with van der Waals surface area (Å²) in [7, 11) is 2.03. The van der Waals surface area contributed by atoms with Crippen molar-refractivity contribution >= 4 is 17.3 Å². The molecule has 0 fully saturated rings. The summed E-state index contributed by atoms with van der Waals surface area (Å²) in [5.41, 5.74) is 2.26. The summed E-state index contributed by atoms with van der Waals surface area (Å²) in [6, 6.07) is 22.3. The van der Waals surface area contributed by atoms with Crippen molar-refractivity contribution in [2.75, 3.05) is 17.3 Å². The number of hydrogen-bond donors (Lipinski definition) is 1. The third-order valence-electron chi connectivity index (χ3n) is 3.35. The molecule has 0 aliphatic heterocycles. The van der Waals surface area contributed by atoms with Gasteiger partial charge in [-0.1, -0.05) is 48.5 Å². The summed E-state index contributed by atoms with van der Waals surface area (Å²) in [6.07, 6.45) is 1.59. The standard InChI is InChI=1S/C18H18N4/c1-22(13-15-8-4-2-5-9-15)18-12-17(19-14-20-18)21-16-10-6-3-7-11-16/h2-12,14H,13H2,1H3,(H,19,20,21). The van der Waals surface area contributed by atoms with E-state index in [0.717, 1.165) is 23.9 Å². The second-order valence-electron chi connectivity index (χ2n) is 5.09. The van der Waals surface area contributed by atoms with Crippen molar-refractivity contribution in [1.82, 2.24) is 9.97 Å². The Labute approximate surface area is 130 Å². The Morgan fingerprint density at radius 1 is 0.909 bits per heavy atom. The van der Waals surface area contributed by atoms with Crippen molar-refractivity contribution in [3.8, 4) is 0 Å². The maximum atomic E-state index is 4.35. The second kappa shape index (κ2) is 6.72. The Balaban J connectivity index is 1.73. The number of nitrogens with zero attached hydrogens (tertiary/aromatic N) is 3. The molecule has 22 heavy (non-hydrogen) atoms. The van der Waals surface area contributed by atoms with Gasteiger partial charge in [0.1, 0.15) is 18.0 Å². The third kappa shape index (κ3) is 3.61. The van der Waals surface area contributed by atoms with E-state index in [0.29, 0.717) is 0 Å². The summed E-state index contributed by atoms with van der Waals surface area (Å²) < 4.78 is 0. The van der Waals surface area contributed by atoms with E-state index in [1.54, 1.807) is 6.33 Å². The van der Waals surface area contributed by atoms with Crippen LogP contribution < -0.4 is 10.2 Å². The van der Waals surface area contributed by atoms with Crippen molar-refractivity contribution in [3.63, 3.8) is 0 Å². The largest absolute Gasteiger partial charge is 0.355 e. The van der Waals surface area contributed by atoms with Crippen molar-refractivity contribution in [3.05, 3.63) is 78.6 Å². The lowest BCUT2D eigenvalue weighted by molar-refractivity contribution is 0.892. The number of hydrogen-bond acceptors (Lipinski definition) is 4. The molecule has 0 amide bonds. The lowest BCUT2D eigenvalue weighted by Gasteiger charge is -2.18. The molecular weight excluding hydrogens is 272 g/mol. The summed E-state index contributed by atoms with van der Waals surface area (Å²) in [4.78, 5) is 10.7. The van der Waals surface area contributed by atoms with Crippen LogP contribution in [0, 0.1) is 0 Å². The molecule has 0 aliphatic rings. The highest BCUT2D eigenvalue weighted by Gasteiger charge is 2.05. The van der Waals surface area contributed by atoms with Gasteiger partial charge in [-0.15, -0.1) is 0 Å². The van der Waals surface area contributed by atoms with Crippen LogP contribution in [-0.4, -0.2) is 17.0 Å². The van der Waals surface area contributed by atoms with Crippen LogP contribution in [0.2, 0.25) is 0 Å². The monoisotopic (exact) mass is 290 g/mol. The van der Waals surface area contributed by atoms with E-state index in [4.69, 9.17) is 0 Å². The zero-order chi connectivity index (χ0) is 15.2. The van der Waals surface area contributed by atoms with Gasteiger partial charge in [-0.05, 0) is 17.7 Å². The minimum Gasteiger partial charge on any atom is -0.355 e. The molecular formula is C18H18N4. The van der Waals surface area contributed by atoms with Crippen molar-refractivity contribution in [2.24, 2.45) is 0 Å². The first-order chi connectivity index (χ1) is 10.8. The van der Waals surface area contributed by atoms with Gasteiger partial charge in [0.2, 0.25) is 0 Å². The maximum absolute atomic E-state index is 4.35. The van der Waals surface area contributed by atoms with Gasteiger partial charge in [0.25, 0.3) is 0 Å². The van der Waals surface area contributed by atoms with Crippen LogP contribution >= 0.6 is 0 Å². The molecule has 0 saturated heterocycles. The lowest BCUT2D eigenvalue weighted by Crippen LogP contribution is -2.17. The van der Waals surface area contributed by atoms with E-state index < -0.39 is 0 Å². The number of nitrogens with one attached hydrogen (secondary N) is 1. The topological polar surface area (TPSA) is 41.0 Å². The summed E-state index contributed by atoms with van der Waals surface area (Å²) in [5.74, 6) is 1.67. The molecule has 0 bridgehead atoms. The first kappa shape index (κ1) is 14.1. The molecule has 0 radical (unpaired) electrons. The molecule has 1 N–H and O–H groups in total. The maximum Gasteiger partial charge on any atom is 0.135 e. The zero-order valence-electron chi connectivity index (χ0n) is 12.5. The van der Waals surface area contributed by atoms with E-state index in [-0.39, 0.29) is 0 Å². The van der Waals surface area contributed by atoms with Crippen LogP contribution in [0.15, 0.2) is 73.1 Å². The van der Waals surface area contributed by atoms with Gasteiger partial charge in [-0.25, -0.2) is 9.97 Å². The second-order valence-corrected chi connectivity index (χ2v) is 5.09. The molecule has 4 nitrogen and oxygen atoms in total. The highest BCUT2D eigenvalue weighted by Crippen LogP contribution is 2.18. The van der Waals surface area contributed by atoms with Gasteiger partial charge in [-0.3, -0.25) is 0 Å². The van der Waals surface area contributed by atoms with Gasteiger partial charge in [-0.2, -0.15) is 0 Å². The SMILES string of the molecule is CN(Cc1ccccc1)c1cc(Nc2ccccc2)ncn1. The van der Waals surface area contributed by atoms with Gasteiger partial charge in [0.05, 0.1) is 0 Å². The quantitative estimate of drug-likeness (QED) is 0.774. The Bertz CT molecular complexity index is 713. The fourth-order valence-electron chi connectivity index (χ4n) is 2.23. The molecule has 0 atom stereocenters. The lowest BCUT2D eigenvalue weighted by atomic mass is 10.2. The minimum atomic E-state index is 0.788. The highest BCUT2D eigenvalue weighted by molar-refractivity contribution is 5.58. The first-order valence-electron chi connectivity index (χ1n) is 7.20. The molecule has 0 aliphatic carbocycles. The number of para-hydroxylation sites is 1. The van der Waals surface area contributed by atoms with Gasteiger partial charge < -0.3 is 10.2 Å². The molecule has 0 unspecified atom stereocenters. The molecule has 0 saturated carbocycles. The van der Waals surface area contributed by atoms with E-state index in [2.05, 4.69) is 32.3 Å². The van der Waals surface area contributed by atoms with Crippen LogP contribution in [0.25, 0.3) is 0 Å². The number of benzene rings is 2. The van der Waals surface area contributed by atoms with Crippen molar-refractivity contribution in [1.29, 1.82) is 0 Å². The van der Waals surface area contributed by atoms with E-state index in [9.17, 15) is 0 Å². The van der Waals surface area contributed by atoms with Gasteiger partial charge in [0, 0.05) is 25.3 Å². The van der Waals surface area contributed by atoms with Crippen LogP contribution in [0.1, 0.15) is 5.56 Å². The molecule has 0 spiro atoms. The van der Waals surface area contributed by atoms with Crippen LogP contribution in [-0.2, 0) is 6.54 Å².